The van der Waals surface area contributed by atoms with E-state index in [1.165, 1.54) is 19.3 Å². The van der Waals surface area contributed by atoms with Gasteiger partial charge in [-0.1, -0.05) is 0 Å². The van der Waals surface area contributed by atoms with Crippen molar-refractivity contribution in [2.75, 3.05) is 0 Å². The van der Waals surface area contributed by atoms with Gasteiger partial charge in [-0.25, -0.2) is 0 Å². The molecule has 71 valence electrons. The van der Waals surface area contributed by atoms with Gasteiger partial charge in [0.25, 0.3) is 0 Å². The fourth-order valence-corrected chi connectivity index (χ4v) is 1.86. The Morgan fingerprint density at radius 3 is 2.25 bits per heavy atom. The zero-order valence-electron chi connectivity index (χ0n) is 7.00. The van der Waals surface area contributed by atoms with Crippen molar-refractivity contribution in [2.45, 2.75) is 26.2 Å². The second kappa shape index (κ2) is 10.3. The Balaban J connectivity index is -0.000000270. The fourth-order valence-electron chi connectivity index (χ4n) is 1.05. The monoisotopic (exact) mass is 305 g/mol. The van der Waals surface area contributed by atoms with E-state index in [1.54, 1.807) is 33.6 Å². The van der Waals surface area contributed by atoms with Crippen LogP contribution < -0.4 is 0 Å². The minimum Gasteiger partial charge on any atom is -0.147 e. The fraction of sp³-hybridized carbons (Fsp3) is 0.500. The van der Waals surface area contributed by atoms with Crippen LogP contribution in [0.4, 0.5) is 0 Å². The van der Waals surface area contributed by atoms with E-state index < -0.39 is 0 Å². The molecule has 0 aliphatic heterocycles. The van der Waals surface area contributed by atoms with Gasteiger partial charge in [0.05, 0.1) is 0 Å². The van der Waals surface area contributed by atoms with Crippen molar-refractivity contribution >= 4 is 37.2 Å². The van der Waals surface area contributed by atoms with E-state index in [-0.39, 0.29) is 37.2 Å². The Labute approximate surface area is 108 Å². The Bertz CT molecular complexity index is 164. The topological polar surface area (TPSA) is 0 Å². The first-order valence-electron chi connectivity index (χ1n) is 3.44. The van der Waals surface area contributed by atoms with Crippen LogP contribution in [0.3, 0.4) is 0 Å². The van der Waals surface area contributed by atoms with Gasteiger partial charge >= 0.3 is 71.9 Å². The van der Waals surface area contributed by atoms with Gasteiger partial charge in [0.15, 0.2) is 0 Å². The molecule has 0 N–H and O–H groups in total. The smallest absolute Gasteiger partial charge is 0.147 e. The molecule has 0 aromatic rings. The Hall–Kier alpha value is 1.23. The number of hydrogen-bond acceptors (Lipinski definition) is 0. The SMILES string of the molecule is CCCC1=[C]([Zr])CC=C1.Cl.Cl.Cl. The van der Waals surface area contributed by atoms with Gasteiger partial charge in [0.2, 0.25) is 0 Å². The average molecular weight is 308 g/mol. The number of rotatable bonds is 2. The largest absolute Gasteiger partial charge is 0.147 e. The molecule has 0 aromatic heterocycles. The quantitative estimate of drug-likeness (QED) is 0.728. The average Bonchev–Trinajstić information content (AvgIpc) is 2.18. The predicted octanol–water partition coefficient (Wildman–Crippen LogP) is 3.81. The summed E-state index contributed by atoms with van der Waals surface area (Å²) < 4.78 is 1.66. The van der Waals surface area contributed by atoms with Crippen molar-refractivity contribution in [1.29, 1.82) is 0 Å². The van der Waals surface area contributed by atoms with Crippen LogP contribution >= 0.6 is 37.2 Å². The molecule has 0 spiro atoms. The molecule has 0 nitrogen and oxygen atoms in total. The summed E-state index contributed by atoms with van der Waals surface area (Å²) in [5.74, 6) is 0. The summed E-state index contributed by atoms with van der Waals surface area (Å²) in [7, 11) is 0. The molecule has 0 heterocycles. The Morgan fingerprint density at radius 2 is 1.92 bits per heavy atom. The molecule has 4 heteroatoms. The zero-order valence-corrected chi connectivity index (χ0v) is 11.9. The molecule has 0 aromatic carbocycles. The van der Waals surface area contributed by atoms with Gasteiger partial charge in [-0.05, 0) is 0 Å². The number of halogens is 3. The summed E-state index contributed by atoms with van der Waals surface area (Å²) in [5, 5.41) is 0. The van der Waals surface area contributed by atoms with Gasteiger partial charge < -0.3 is 0 Å². The maximum Gasteiger partial charge on any atom is -0.147 e. The normalized spacial score (nSPS) is 13.0. The molecule has 12 heavy (non-hydrogen) atoms. The number of hydrogen-bond donors (Lipinski definition) is 0. The van der Waals surface area contributed by atoms with Crippen LogP contribution in [0.5, 0.6) is 0 Å². The minimum atomic E-state index is 0. The summed E-state index contributed by atoms with van der Waals surface area (Å²) in [6.45, 7) is 2.24. The summed E-state index contributed by atoms with van der Waals surface area (Å²) in [5.41, 5.74) is 1.61. The van der Waals surface area contributed by atoms with Crippen molar-refractivity contribution in [1.82, 2.24) is 0 Å². The Kier molecular flexibility index (Phi) is 16.3. The standard InChI is InChI=1S/C8H11.3ClH.Zr/c1-2-5-8-6-3-4-7-8;;;;/h3,6H,2,4-5H2,1H3;3*1H;. The molecule has 0 fully saturated rings. The molecule has 0 saturated carbocycles. The van der Waals surface area contributed by atoms with Crippen molar-refractivity contribution < 1.29 is 24.7 Å². The molecule has 0 unspecified atom stereocenters. The van der Waals surface area contributed by atoms with Crippen LogP contribution in [-0.4, -0.2) is 0 Å². The second-order valence-corrected chi connectivity index (χ2v) is 3.84. The molecule has 0 radical (unpaired) electrons. The van der Waals surface area contributed by atoms with Crippen molar-refractivity contribution in [3.05, 3.63) is 21.0 Å². The van der Waals surface area contributed by atoms with Gasteiger partial charge in [0.1, 0.15) is 0 Å². The van der Waals surface area contributed by atoms with Gasteiger partial charge in [-0.3, -0.25) is 0 Å². The molecule has 0 saturated heterocycles. The molecular formula is C8H14Cl3Zr. The molecule has 1 rings (SSSR count). The summed E-state index contributed by atoms with van der Waals surface area (Å²) in [4.78, 5) is 0. The molecule has 0 amide bonds. The van der Waals surface area contributed by atoms with Crippen LogP contribution in [0.2, 0.25) is 0 Å². The van der Waals surface area contributed by atoms with E-state index in [2.05, 4.69) is 19.1 Å². The molecule has 1 aliphatic carbocycles. The maximum absolute atomic E-state index is 2.29. The first kappa shape index (κ1) is 18.9. The maximum atomic E-state index is 2.29. The van der Waals surface area contributed by atoms with Crippen molar-refractivity contribution in [3.8, 4) is 0 Å². The molecular weight excluding hydrogens is 294 g/mol. The zero-order chi connectivity index (χ0) is 6.69. The van der Waals surface area contributed by atoms with Crippen LogP contribution in [0.1, 0.15) is 26.2 Å². The van der Waals surface area contributed by atoms with Crippen LogP contribution in [-0.2, 0) is 24.7 Å². The minimum absolute atomic E-state index is 0. The Morgan fingerprint density at radius 1 is 1.33 bits per heavy atom. The van der Waals surface area contributed by atoms with E-state index in [1.807, 2.05) is 0 Å². The van der Waals surface area contributed by atoms with E-state index >= 15 is 0 Å². The van der Waals surface area contributed by atoms with Crippen LogP contribution in [0.15, 0.2) is 21.0 Å². The second-order valence-electron chi connectivity index (χ2n) is 2.36. The molecule has 0 bridgehead atoms. The van der Waals surface area contributed by atoms with Gasteiger partial charge in [0, 0.05) is 0 Å². The van der Waals surface area contributed by atoms with Crippen LogP contribution in [0.25, 0.3) is 0 Å². The van der Waals surface area contributed by atoms with Crippen molar-refractivity contribution in [3.63, 3.8) is 0 Å². The van der Waals surface area contributed by atoms with Crippen LogP contribution in [0, 0.1) is 0 Å². The first-order valence-corrected chi connectivity index (χ1v) is 4.67. The van der Waals surface area contributed by atoms with Crippen molar-refractivity contribution in [2.24, 2.45) is 0 Å². The van der Waals surface area contributed by atoms with E-state index in [4.69, 9.17) is 0 Å². The predicted molar refractivity (Wildman–Crippen MR) is 57.4 cm³/mol. The molecule has 1 aliphatic rings. The van der Waals surface area contributed by atoms with E-state index in [0.29, 0.717) is 0 Å². The summed E-state index contributed by atoms with van der Waals surface area (Å²) >= 11 is 1.61. The van der Waals surface area contributed by atoms with E-state index in [0.717, 1.165) is 0 Å². The first-order chi connectivity index (χ1) is 4.34. The third-order valence-electron chi connectivity index (χ3n) is 1.55. The summed E-state index contributed by atoms with van der Waals surface area (Å²) in [6, 6.07) is 0. The molecule has 0 atom stereocenters. The third-order valence-corrected chi connectivity index (χ3v) is 2.84. The number of allylic oxidation sites excluding steroid dienone is 4. The van der Waals surface area contributed by atoms with Gasteiger partial charge in [-0.15, -0.1) is 37.2 Å². The summed E-state index contributed by atoms with van der Waals surface area (Å²) in [6.07, 6.45) is 8.37. The third kappa shape index (κ3) is 5.81. The van der Waals surface area contributed by atoms with E-state index in [9.17, 15) is 0 Å². The van der Waals surface area contributed by atoms with Gasteiger partial charge in [-0.2, -0.15) is 0 Å².